The van der Waals surface area contributed by atoms with Crippen LogP contribution in [0.3, 0.4) is 0 Å². The first-order valence-electron chi connectivity index (χ1n) is 7.20. The largest absolute Gasteiger partial charge is 0.351 e. The van der Waals surface area contributed by atoms with Gasteiger partial charge in [-0.15, -0.1) is 11.3 Å². The number of nitrogens with zero attached hydrogens (tertiary/aromatic N) is 3. The second-order valence-corrected chi connectivity index (χ2v) is 6.52. The van der Waals surface area contributed by atoms with Gasteiger partial charge in [0, 0.05) is 31.0 Å². The Morgan fingerprint density at radius 1 is 1.30 bits per heavy atom. The second-order valence-electron chi connectivity index (χ2n) is 4.92. The van der Waals surface area contributed by atoms with Gasteiger partial charge in [-0.1, -0.05) is 41.9 Å². The van der Waals surface area contributed by atoms with Crippen LogP contribution >= 0.6 is 22.9 Å². The first-order valence-corrected chi connectivity index (χ1v) is 8.39. The predicted octanol–water partition coefficient (Wildman–Crippen LogP) is 3.48. The third-order valence-electron chi connectivity index (χ3n) is 3.26. The maximum Gasteiger partial charge on any atom is 0.272 e. The standard InChI is InChI=1S/C16H15ClN4OS/c17-14-13(20-16(23-14)12-5-2-1-3-6-12)15(22)19-7-4-9-21-10-8-18-11-21/h1-3,5-6,8,10-11H,4,7,9H2,(H,19,22). The normalized spacial score (nSPS) is 10.7. The van der Waals surface area contributed by atoms with Crippen molar-refractivity contribution in [1.29, 1.82) is 0 Å². The maximum absolute atomic E-state index is 12.2. The van der Waals surface area contributed by atoms with Gasteiger partial charge in [-0.3, -0.25) is 4.79 Å². The molecule has 0 unspecified atom stereocenters. The Morgan fingerprint density at radius 3 is 2.87 bits per heavy atom. The van der Waals surface area contributed by atoms with E-state index in [1.54, 1.807) is 12.5 Å². The minimum atomic E-state index is -0.237. The predicted molar refractivity (Wildman–Crippen MR) is 91.7 cm³/mol. The monoisotopic (exact) mass is 346 g/mol. The van der Waals surface area contributed by atoms with Gasteiger partial charge in [-0.25, -0.2) is 9.97 Å². The summed E-state index contributed by atoms with van der Waals surface area (Å²) in [4.78, 5) is 20.5. The lowest BCUT2D eigenvalue weighted by molar-refractivity contribution is 0.0948. The molecule has 0 fully saturated rings. The molecule has 118 valence electrons. The molecule has 0 saturated heterocycles. The molecule has 2 aromatic heterocycles. The first kappa shape index (κ1) is 15.7. The van der Waals surface area contributed by atoms with Gasteiger partial charge in [0.1, 0.15) is 9.34 Å². The van der Waals surface area contributed by atoms with Crippen molar-refractivity contribution < 1.29 is 4.79 Å². The van der Waals surface area contributed by atoms with Crippen LogP contribution in [0.5, 0.6) is 0 Å². The molecule has 0 aliphatic rings. The van der Waals surface area contributed by atoms with Gasteiger partial charge in [0.25, 0.3) is 5.91 Å². The Morgan fingerprint density at radius 2 is 2.13 bits per heavy atom. The van der Waals surface area contributed by atoms with Crippen LogP contribution in [0.2, 0.25) is 4.34 Å². The van der Waals surface area contributed by atoms with Crippen LogP contribution in [-0.2, 0) is 6.54 Å². The molecule has 3 rings (SSSR count). The first-order chi connectivity index (χ1) is 11.2. The number of hydrogen-bond acceptors (Lipinski definition) is 4. The number of thiazole rings is 1. The summed E-state index contributed by atoms with van der Waals surface area (Å²) >= 11 is 7.48. The maximum atomic E-state index is 12.2. The summed E-state index contributed by atoms with van der Waals surface area (Å²) in [6.07, 6.45) is 6.20. The van der Waals surface area contributed by atoms with Crippen molar-refractivity contribution in [2.75, 3.05) is 6.54 Å². The van der Waals surface area contributed by atoms with E-state index in [1.807, 2.05) is 41.1 Å². The number of carbonyl (C=O) groups excluding carboxylic acids is 1. The lowest BCUT2D eigenvalue weighted by Gasteiger charge is -2.04. The number of rotatable bonds is 6. The highest BCUT2D eigenvalue weighted by atomic mass is 35.5. The highest BCUT2D eigenvalue weighted by Crippen LogP contribution is 2.31. The molecular formula is C16H15ClN4OS. The van der Waals surface area contributed by atoms with Crippen LogP contribution in [0.25, 0.3) is 10.6 Å². The number of halogens is 1. The molecule has 23 heavy (non-hydrogen) atoms. The summed E-state index contributed by atoms with van der Waals surface area (Å²) in [7, 11) is 0. The zero-order valence-electron chi connectivity index (χ0n) is 12.3. The van der Waals surface area contributed by atoms with Crippen LogP contribution in [0.1, 0.15) is 16.9 Å². The number of imidazole rings is 1. The fourth-order valence-electron chi connectivity index (χ4n) is 2.11. The molecule has 1 N–H and O–H groups in total. The molecule has 1 aromatic carbocycles. The fourth-order valence-corrected chi connectivity index (χ4v) is 3.25. The van der Waals surface area contributed by atoms with E-state index < -0.39 is 0 Å². The molecule has 0 atom stereocenters. The molecule has 2 heterocycles. The zero-order valence-corrected chi connectivity index (χ0v) is 13.8. The van der Waals surface area contributed by atoms with Crippen molar-refractivity contribution in [2.24, 2.45) is 0 Å². The van der Waals surface area contributed by atoms with Gasteiger partial charge in [0.2, 0.25) is 0 Å². The van der Waals surface area contributed by atoms with E-state index in [4.69, 9.17) is 11.6 Å². The van der Waals surface area contributed by atoms with E-state index in [0.717, 1.165) is 23.5 Å². The molecule has 0 aliphatic carbocycles. The van der Waals surface area contributed by atoms with Gasteiger partial charge in [-0.05, 0) is 6.42 Å². The van der Waals surface area contributed by atoms with E-state index in [2.05, 4.69) is 15.3 Å². The van der Waals surface area contributed by atoms with Crippen LogP contribution in [-0.4, -0.2) is 27.0 Å². The average molecular weight is 347 g/mol. The van der Waals surface area contributed by atoms with Gasteiger partial charge >= 0.3 is 0 Å². The van der Waals surface area contributed by atoms with Crippen molar-refractivity contribution in [3.8, 4) is 10.6 Å². The minimum Gasteiger partial charge on any atom is -0.351 e. The van der Waals surface area contributed by atoms with Gasteiger partial charge in [0.05, 0.1) is 6.33 Å². The summed E-state index contributed by atoms with van der Waals surface area (Å²) in [5.74, 6) is -0.237. The summed E-state index contributed by atoms with van der Waals surface area (Å²) in [6.45, 7) is 1.37. The average Bonchev–Trinajstić information content (AvgIpc) is 3.22. The van der Waals surface area contributed by atoms with E-state index in [9.17, 15) is 4.79 Å². The van der Waals surface area contributed by atoms with Gasteiger partial charge in [-0.2, -0.15) is 0 Å². The quantitative estimate of drug-likeness (QED) is 0.695. The Labute approximate surface area is 143 Å². The number of hydrogen-bond donors (Lipinski definition) is 1. The third-order valence-corrected chi connectivity index (χ3v) is 4.56. The van der Waals surface area contributed by atoms with Gasteiger partial charge < -0.3 is 9.88 Å². The molecule has 0 radical (unpaired) electrons. The molecular weight excluding hydrogens is 332 g/mol. The molecule has 0 saturated carbocycles. The van der Waals surface area contributed by atoms with Crippen LogP contribution < -0.4 is 5.32 Å². The van der Waals surface area contributed by atoms with Crippen molar-refractivity contribution in [3.05, 3.63) is 59.1 Å². The SMILES string of the molecule is O=C(NCCCn1ccnc1)c1nc(-c2ccccc2)sc1Cl. The molecule has 3 aromatic rings. The zero-order chi connectivity index (χ0) is 16.1. The van der Waals surface area contributed by atoms with Gasteiger partial charge in [0.15, 0.2) is 5.69 Å². The molecule has 0 aliphatic heterocycles. The summed E-state index contributed by atoms with van der Waals surface area (Å²) in [5, 5.41) is 3.60. The molecule has 0 spiro atoms. The van der Waals surface area contributed by atoms with E-state index in [-0.39, 0.29) is 11.6 Å². The number of benzene rings is 1. The summed E-state index contributed by atoms with van der Waals surface area (Å²) in [6, 6.07) is 9.69. The number of nitrogens with one attached hydrogen (secondary N) is 1. The fraction of sp³-hybridized carbons (Fsp3) is 0.188. The van der Waals surface area contributed by atoms with Crippen LogP contribution in [0.4, 0.5) is 0 Å². The number of carbonyl (C=O) groups is 1. The van der Waals surface area contributed by atoms with Crippen molar-refractivity contribution in [3.63, 3.8) is 0 Å². The van der Waals surface area contributed by atoms with Crippen molar-refractivity contribution in [2.45, 2.75) is 13.0 Å². The van der Waals surface area contributed by atoms with Crippen LogP contribution in [0, 0.1) is 0 Å². The Balaban J connectivity index is 1.58. The Bertz CT molecular complexity index is 771. The Kier molecular flexibility index (Phi) is 5.05. The molecule has 1 amide bonds. The summed E-state index contributed by atoms with van der Waals surface area (Å²) in [5.41, 5.74) is 1.25. The Hall–Kier alpha value is -2.18. The van der Waals surface area contributed by atoms with Crippen molar-refractivity contribution >= 4 is 28.8 Å². The highest BCUT2D eigenvalue weighted by Gasteiger charge is 2.17. The van der Waals surface area contributed by atoms with E-state index in [1.165, 1.54) is 11.3 Å². The smallest absolute Gasteiger partial charge is 0.272 e. The topological polar surface area (TPSA) is 59.8 Å². The van der Waals surface area contributed by atoms with Crippen LogP contribution in [0.15, 0.2) is 49.1 Å². The lowest BCUT2D eigenvalue weighted by Crippen LogP contribution is -2.25. The highest BCUT2D eigenvalue weighted by molar-refractivity contribution is 7.19. The number of aromatic nitrogens is 3. The summed E-state index contributed by atoms with van der Waals surface area (Å²) < 4.78 is 2.38. The third kappa shape index (κ3) is 3.97. The number of aryl methyl sites for hydroxylation is 1. The van der Waals surface area contributed by atoms with E-state index >= 15 is 0 Å². The van der Waals surface area contributed by atoms with Crippen molar-refractivity contribution in [1.82, 2.24) is 19.9 Å². The molecule has 0 bridgehead atoms. The second kappa shape index (κ2) is 7.39. The lowest BCUT2D eigenvalue weighted by atomic mass is 10.2. The minimum absolute atomic E-state index is 0.237. The van der Waals surface area contributed by atoms with E-state index in [0.29, 0.717) is 10.9 Å². The molecule has 5 nitrogen and oxygen atoms in total. The molecule has 7 heteroatoms. The number of amides is 1.